The van der Waals surface area contributed by atoms with E-state index in [2.05, 4.69) is 54.7 Å². The molecule has 102 valence electrons. The quantitative estimate of drug-likeness (QED) is 0.862. The van der Waals surface area contributed by atoms with E-state index in [1.54, 1.807) is 0 Å². The van der Waals surface area contributed by atoms with Crippen molar-refractivity contribution in [1.82, 2.24) is 15.1 Å². The molecule has 1 unspecified atom stereocenters. The van der Waals surface area contributed by atoms with Gasteiger partial charge in [-0.15, -0.1) is 0 Å². The number of aryl methyl sites for hydroxylation is 2. The van der Waals surface area contributed by atoms with Gasteiger partial charge in [0.05, 0.1) is 12.2 Å². The van der Waals surface area contributed by atoms with Gasteiger partial charge in [0.25, 0.3) is 0 Å². The Morgan fingerprint density at radius 1 is 1.26 bits per heavy atom. The molecule has 3 nitrogen and oxygen atoms in total. The Bertz CT molecular complexity index is 516. The van der Waals surface area contributed by atoms with Gasteiger partial charge < -0.3 is 5.32 Å². The summed E-state index contributed by atoms with van der Waals surface area (Å²) >= 11 is 0. The Morgan fingerprint density at radius 3 is 2.74 bits per heavy atom. The summed E-state index contributed by atoms with van der Waals surface area (Å²) < 4.78 is 1.86. The molecule has 0 fully saturated rings. The number of hydrogen-bond donors (Lipinski definition) is 1. The predicted molar refractivity (Wildman–Crippen MR) is 79.2 cm³/mol. The van der Waals surface area contributed by atoms with Crippen LogP contribution in [0.2, 0.25) is 0 Å². The molecule has 2 aromatic rings. The molecule has 0 bridgehead atoms. The molecule has 19 heavy (non-hydrogen) atoms. The van der Waals surface area contributed by atoms with Crippen LogP contribution in [0.5, 0.6) is 0 Å². The fourth-order valence-electron chi connectivity index (χ4n) is 2.30. The maximum atomic E-state index is 4.29. The van der Waals surface area contributed by atoms with Gasteiger partial charge >= 0.3 is 0 Å². The molecular formula is C16H23N3. The zero-order chi connectivity index (χ0) is 13.7. The third kappa shape index (κ3) is 3.44. The number of aromatic nitrogens is 2. The Balaban J connectivity index is 2.30. The van der Waals surface area contributed by atoms with Crippen molar-refractivity contribution in [2.45, 2.75) is 32.7 Å². The SMILES string of the molecule is CCCNC(c1cccc(CC)c1)c1cnn(C)c1. The lowest BCUT2D eigenvalue weighted by Gasteiger charge is -2.18. The molecular weight excluding hydrogens is 234 g/mol. The average molecular weight is 257 g/mol. The highest BCUT2D eigenvalue weighted by Gasteiger charge is 2.15. The summed E-state index contributed by atoms with van der Waals surface area (Å²) in [5.74, 6) is 0. The van der Waals surface area contributed by atoms with Crippen LogP contribution in [0.4, 0.5) is 0 Å². The molecule has 1 N–H and O–H groups in total. The highest BCUT2D eigenvalue weighted by atomic mass is 15.2. The average Bonchev–Trinajstić information content (AvgIpc) is 2.86. The topological polar surface area (TPSA) is 29.9 Å². The summed E-state index contributed by atoms with van der Waals surface area (Å²) in [6, 6.07) is 9.05. The largest absolute Gasteiger partial charge is 0.306 e. The maximum absolute atomic E-state index is 4.29. The van der Waals surface area contributed by atoms with Gasteiger partial charge in [-0.05, 0) is 30.5 Å². The molecule has 1 aromatic carbocycles. The fraction of sp³-hybridized carbons (Fsp3) is 0.438. The number of nitrogens with zero attached hydrogens (tertiary/aromatic N) is 2. The Hall–Kier alpha value is -1.61. The third-order valence-corrected chi connectivity index (χ3v) is 3.35. The molecule has 1 atom stereocenters. The van der Waals surface area contributed by atoms with E-state index >= 15 is 0 Å². The van der Waals surface area contributed by atoms with Crippen LogP contribution < -0.4 is 5.32 Å². The van der Waals surface area contributed by atoms with Gasteiger partial charge in [-0.2, -0.15) is 5.10 Å². The van der Waals surface area contributed by atoms with Gasteiger partial charge in [-0.1, -0.05) is 38.1 Å². The molecule has 0 saturated carbocycles. The molecule has 2 rings (SSSR count). The second-order valence-electron chi connectivity index (χ2n) is 4.93. The van der Waals surface area contributed by atoms with E-state index < -0.39 is 0 Å². The first-order chi connectivity index (χ1) is 9.24. The lowest BCUT2D eigenvalue weighted by Crippen LogP contribution is -2.23. The molecule has 0 aliphatic carbocycles. The second-order valence-corrected chi connectivity index (χ2v) is 4.93. The van der Waals surface area contributed by atoms with Crippen molar-refractivity contribution in [1.29, 1.82) is 0 Å². The standard InChI is InChI=1S/C16H23N3/c1-4-9-17-16(15-11-18-19(3)12-15)14-8-6-7-13(5-2)10-14/h6-8,10-12,16-17H,4-5,9H2,1-3H3. The highest BCUT2D eigenvalue weighted by Crippen LogP contribution is 2.22. The second kappa shape index (κ2) is 6.53. The van der Waals surface area contributed by atoms with E-state index in [4.69, 9.17) is 0 Å². The van der Waals surface area contributed by atoms with Gasteiger partial charge in [0.15, 0.2) is 0 Å². The summed E-state index contributed by atoms with van der Waals surface area (Å²) in [6.07, 6.45) is 6.24. The molecule has 1 heterocycles. The zero-order valence-corrected chi connectivity index (χ0v) is 12.1. The molecule has 0 saturated heterocycles. The molecule has 3 heteroatoms. The molecule has 1 aromatic heterocycles. The van der Waals surface area contributed by atoms with Crippen LogP contribution in [0.1, 0.15) is 43.0 Å². The van der Waals surface area contributed by atoms with Crippen molar-refractivity contribution in [2.24, 2.45) is 7.05 Å². The zero-order valence-electron chi connectivity index (χ0n) is 12.1. The van der Waals surface area contributed by atoms with Crippen molar-refractivity contribution >= 4 is 0 Å². The lowest BCUT2D eigenvalue weighted by atomic mass is 9.98. The lowest BCUT2D eigenvalue weighted by molar-refractivity contribution is 0.597. The van der Waals surface area contributed by atoms with Gasteiger partial charge in [-0.3, -0.25) is 4.68 Å². The Morgan fingerprint density at radius 2 is 2.11 bits per heavy atom. The number of hydrogen-bond acceptors (Lipinski definition) is 2. The van der Waals surface area contributed by atoms with Gasteiger partial charge in [0.1, 0.15) is 0 Å². The van der Waals surface area contributed by atoms with Crippen molar-refractivity contribution in [3.8, 4) is 0 Å². The minimum atomic E-state index is 0.236. The summed E-state index contributed by atoms with van der Waals surface area (Å²) in [6.45, 7) is 5.39. The number of nitrogens with one attached hydrogen (secondary N) is 1. The van der Waals surface area contributed by atoms with E-state index in [9.17, 15) is 0 Å². The predicted octanol–water partition coefficient (Wildman–Crippen LogP) is 3.07. The van der Waals surface area contributed by atoms with Crippen LogP contribution in [0.25, 0.3) is 0 Å². The van der Waals surface area contributed by atoms with E-state index in [0.717, 1.165) is 19.4 Å². The fourth-order valence-corrected chi connectivity index (χ4v) is 2.30. The smallest absolute Gasteiger partial charge is 0.0608 e. The van der Waals surface area contributed by atoms with Crippen LogP contribution >= 0.6 is 0 Å². The third-order valence-electron chi connectivity index (χ3n) is 3.35. The van der Waals surface area contributed by atoms with E-state index in [-0.39, 0.29) is 6.04 Å². The number of rotatable bonds is 6. The molecule has 0 radical (unpaired) electrons. The summed E-state index contributed by atoms with van der Waals surface area (Å²) in [5, 5.41) is 7.90. The van der Waals surface area contributed by atoms with Gasteiger partial charge in [0, 0.05) is 18.8 Å². The van der Waals surface area contributed by atoms with Crippen molar-refractivity contribution < 1.29 is 0 Å². The van der Waals surface area contributed by atoms with Crippen LogP contribution in [0, 0.1) is 0 Å². The first kappa shape index (κ1) is 13.8. The van der Waals surface area contributed by atoms with Crippen molar-refractivity contribution in [3.05, 3.63) is 53.3 Å². The Kier molecular flexibility index (Phi) is 4.74. The van der Waals surface area contributed by atoms with Crippen molar-refractivity contribution in [3.63, 3.8) is 0 Å². The monoisotopic (exact) mass is 257 g/mol. The normalized spacial score (nSPS) is 12.6. The van der Waals surface area contributed by atoms with E-state index in [1.807, 2.05) is 17.9 Å². The molecule has 0 aliphatic rings. The number of benzene rings is 1. The summed E-state index contributed by atoms with van der Waals surface area (Å²) in [5.41, 5.74) is 3.93. The highest BCUT2D eigenvalue weighted by molar-refractivity contribution is 5.32. The molecule has 0 aliphatic heterocycles. The van der Waals surface area contributed by atoms with Crippen LogP contribution in [0.15, 0.2) is 36.7 Å². The first-order valence-corrected chi connectivity index (χ1v) is 7.05. The van der Waals surface area contributed by atoms with Crippen LogP contribution in [0.3, 0.4) is 0 Å². The minimum Gasteiger partial charge on any atom is -0.306 e. The van der Waals surface area contributed by atoms with Crippen LogP contribution in [-0.4, -0.2) is 16.3 Å². The van der Waals surface area contributed by atoms with Gasteiger partial charge in [0.2, 0.25) is 0 Å². The van der Waals surface area contributed by atoms with Gasteiger partial charge in [-0.25, -0.2) is 0 Å². The minimum absolute atomic E-state index is 0.236. The Labute approximate surface area is 115 Å². The maximum Gasteiger partial charge on any atom is 0.0608 e. The van der Waals surface area contributed by atoms with E-state index in [1.165, 1.54) is 16.7 Å². The first-order valence-electron chi connectivity index (χ1n) is 7.05. The summed E-state index contributed by atoms with van der Waals surface area (Å²) in [7, 11) is 1.96. The van der Waals surface area contributed by atoms with Crippen LogP contribution in [-0.2, 0) is 13.5 Å². The summed E-state index contributed by atoms with van der Waals surface area (Å²) in [4.78, 5) is 0. The molecule has 0 amide bonds. The molecule has 0 spiro atoms. The van der Waals surface area contributed by atoms with E-state index in [0.29, 0.717) is 0 Å². The van der Waals surface area contributed by atoms with Crippen molar-refractivity contribution in [2.75, 3.05) is 6.54 Å².